The van der Waals surface area contributed by atoms with Crippen molar-refractivity contribution in [1.82, 2.24) is 9.97 Å². The number of anilines is 2. The third kappa shape index (κ3) is 3.09. The van der Waals surface area contributed by atoms with Crippen LogP contribution in [-0.2, 0) is 0 Å². The predicted molar refractivity (Wildman–Crippen MR) is 83.1 cm³/mol. The van der Waals surface area contributed by atoms with E-state index in [0.29, 0.717) is 10.8 Å². The summed E-state index contributed by atoms with van der Waals surface area (Å²) in [5, 5.41) is 5.95. The Morgan fingerprint density at radius 1 is 1.19 bits per heavy atom. The van der Waals surface area contributed by atoms with Crippen LogP contribution in [0.1, 0.15) is 0 Å². The average molecular weight is 300 g/mol. The second-order valence-corrected chi connectivity index (χ2v) is 5.20. The van der Waals surface area contributed by atoms with Gasteiger partial charge in [0.2, 0.25) is 0 Å². The predicted octanol–water partition coefficient (Wildman–Crippen LogP) is 3.34. The molecule has 2 N–H and O–H groups in total. The smallest absolute Gasteiger partial charge is 0.325 e. The van der Waals surface area contributed by atoms with Crippen molar-refractivity contribution in [2.24, 2.45) is 0 Å². The highest BCUT2D eigenvalue weighted by Gasteiger charge is 2.08. The van der Waals surface area contributed by atoms with Crippen molar-refractivity contribution < 1.29 is 9.53 Å². The van der Waals surface area contributed by atoms with E-state index in [4.69, 9.17) is 4.74 Å². The highest BCUT2D eigenvalue weighted by Crippen LogP contribution is 2.29. The first-order valence-corrected chi connectivity index (χ1v) is 6.99. The van der Waals surface area contributed by atoms with Crippen molar-refractivity contribution in [3.05, 3.63) is 42.7 Å². The van der Waals surface area contributed by atoms with Crippen molar-refractivity contribution in [3.63, 3.8) is 0 Å². The molecule has 7 heteroatoms. The zero-order valence-electron chi connectivity index (χ0n) is 11.2. The van der Waals surface area contributed by atoms with Gasteiger partial charge in [-0.1, -0.05) is 11.3 Å². The molecule has 6 nitrogen and oxygen atoms in total. The maximum absolute atomic E-state index is 11.9. The van der Waals surface area contributed by atoms with E-state index in [0.717, 1.165) is 16.0 Å². The van der Waals surface area contributed by atoms with Gasteiger partial charge < -0.3 is 10.1 Å². The van der Waals surface area contributed by atoms with Gasteiger partial charge in [-0.05, 0) is 30.3 Å². The van der Waals surface area contributed by atoms with Crippen molar-refractivity contribution in [1.29, 1.82) is 0 Å². The topological polar surface area (TPSA) is 76.1 Å². The van der Waals surface area contributed by atoms with E-state index in [1.54, 1.807) is 31.6 Å². The van der Waals surface area contributed by atoms with Crippen LogP contribution >= 0.6 is 11.3 Å². The molecule has 0 aliphatic rings. The molecule has 0 unspecified atom stereocenters. The summed E-state index contributed by atoms with van der Waals surface area (Å²) < 4.78 is 6.12. The average Bonchev–Trinajstić information content (AvgIpc) is 2.89. The van der Waals surface area contributed by atoms with E-state index in [-0.39, 0.29) is 6.03 Å². The minimum Gasteiger partial charge on any atom is -0.497 e. The molecule has 0 spiro atoms. The summed E-state index contributed by atoms with van der Waals surface area (Å²) in [5.74, 6) is 0.763. The highest BCUT2D eigenvalue weighted by atomic mass is 32.1. The number of ether oxygens (including phenoxy) is 1. The first-order chi connectivity index (χ1) is 10.2. The number of aromatic nitrogens is 2. The Hall–Kier alpha value is -2.67. The standard InChI is InChI=1S/C14H12N4O2S/c1-20-10-2-3-11-12(8-10)21-14(17-11)18-13(19)16-9-4-6-15-7-5-9/h2-8H,1H3,(H2,15,16,17,18,19). The molecule has 0 saturated heterocycles. The number of fused-ring (bicyclic) bond motifs is 1. The molecule has 0 fully saturated rings. The van der Waals surface area contributed by atoms with E-state index in [2.05, 4.69) is 20.6 Å². The molecule has 21 heavy (non-hydrogen) atoms. The van der Waals surface area contributed by atoms with E-state index in [9.17, 15) is 4.79 Å². The first kappa shape index (κ1) is 13.3. The van der Waals surface area contributed by atoms with Gasteiger partial charge in [0.15, 0.2) is 5.13 Å². The van der Waals surface area contributed by atoms with Gasteiger partial charge in [-0.2, -0.15) is 0 Å². The number of methoxy groups -OCH3 is 1. The number of rotatable bonds is 3. The Morgan fingerprint density at radius 3 is 2.76 bits per heavy atom. The maximum atomic E-state index is 11.9. The lowest BCUT2D eigenvalue weighted by molar-refractivity contribution is 0.262. The van der Waals surface area contributed by atoms with Gasteiger partial charge in [-0.3, -0.25) is 10.3 Å². The second kappa shape index (κ2) is 5.76. The molecule has 2 heterocycles. The number of thiazole rings is 1. The normalized spacial score (nSPS) is 10.3. The summed E-state index contributed by atoms with van der Waals surface area (Å²) in [7, 11) is 1.61. The van der Waals surface area contributed by atoms with E-state index in [1.807, 2.05) is 18.2 Å². The second-order valence-electron chi connectivity index (χ2n) is 4.17. The fourth-order valence-electron chi connectivity index (χ4n) is 1.78. The minimum absolute atomic E-state index is 0.341. The van der Waals surface area contributed by atoms with Crippen LogP contribution in [0.15, 0.2) is 42.7 Å². The number of pyridine rings is 1. The number of carbonyl (C=O) groups excluding carboxylic acids is 1. The summed E-state index contributed by atoms with van der Waals surface area (Å²) >= 11 is 1.39. The zero-order chi connectivity index (χ0) is 14.7. The molecule has 3 aromatic rings. The molecule has 2 aromatic heterocycles. The summed E-state index contributed by atoms with van der Waals surface area (Å²) in [4.78, 5) is 20.1. The van der Waals surface area contributed by atoms with E-state index in [1.165, 1.54) is 11.3 Å². The molecule has 3 rings (SSSR count). The highest BCUT2D eigenvalue weighted by molar-refractivity contribution is 7.22. The fourth-order valence-corrected chi connectivity index (χ4v) is 2.67. The van der Waals surface area contributed by atoms with Gasteiger partial charge in [-0.25, -0.2) is 9.78 Å². The largest absolute Gasteiger partial charge is 0.497 e. The van der Waals surface area contributed by atoms with Gasteiger partial charge >= 0.3 is 6.03 Å². The Balaban J connectivity index is 1.74. The molecule has 1 aromatic carbocycles. The van der Waals surface area contributed by atoms with Crippen molar-refractivity contribution in [2.45, 2.75) is 0 Å². The van der Waals surface area contributed by atoms with Crippen molar-refractivity contribution in [2.75, 3.05) is 17.7 Å². The number of hydrogen-bond acceptors (Lipinski definition) is 5. The number of benzene rings is 1. The maximum Gasteiger partial charge on any atom is 0.325 e. The Morgan fingerprint density at radius 2 is 2.00 bits per heavy atom. The lowest BCUT2D eigenvalue weighted by Gasteiger charge is -2.03. The number of carbonyl (C=O) groups is 1. The SMILES string of the molecule is COc1ccc2nc(NC(=O)Nc3ccncc3)sc2c1. The molecule has 0 atom stereocenters. The molecule has 0 saturated carbocycles. The van der Waals surface area contributed by atoms with Crippen LogP contribution in [0.25, 0.3) is 10.2 Å². The van der Waals surface area contributed by atoms with Crippen LogP contribution in [0, 0.1) is 0 Å². The third-order valence-electron chi connectivity index (χ3n) is 2.75. The Labute approximate surface area is 124 Å². The first-order valence-electron chi connectivity index (χ1n) is 6.17. The molecule has 2 amide bonds. The number of nitrogens with one attached hydrogen (secondary N) is 2. The van der Waals surface area contributed by atoms with E-state index >= 15 is 0 Å². The van der Waals surface area contributed by atoms with Gasteiger partial charge in [0.05, 0.1) is 17.3 Å². The summed E-state index contributed by atoms with van der Waals surface area (Å²) in [5.41, 5.74) is 1.49. The van der Waals surface area contributed by atoms with E-state index < -0.39 is 0 Å². The van der Waals surface area contributed by atoms with Crippen molar-refractivity contribution >= 4 is 38.4 Å². The zero-order valence-corrected chi connectivity index (χ0v) is 12.0. The summed E-state index contributed by atoms with van der Waals surface area (Å²) in [6.07, 6.45) is 3.22. The molecule has 0 aliphatic heterocycles. The van der Waals surface area contributed by atoms with Gasteiger partial charge in [0.1, 0.15) is 5.75 Å². The quantitative estimate of drug-likeness (QED) is 0.777. The van der Waals surface area contributed by atoms with Gasteiger partial charge in [0.25, 0.3) is 0 Å². The number of hydrogen-bond donors (Lipinski definition) is 2. The molecule has 0 aliphatic carbocycles. The fraction of sp³-hybridized carbons (Fsp3) is 0.0714. The van der Waals surface area contributed by atoms with Gasteiger partial charge in [-0.15, -0.1) is 0 Å². The lowest BCUT2D eigenvalue weighted by atomic mass is 10.3. The number of urea groups is 1. The van der Waals surface area contributed by atoms with Crippen LogP contribution in [0.3, 0.4) is 0 Å². The van der Waals surface area contributed by atoms with Crippen LogP contribution < -0.4 is 15.4 Å². The van der Waals surface area contributed by atoms with Crippen LogP contribution in [0.5, 0.6) is 5.75 Å². The van der Waals surface area contributed by atoms with Crippen LogP contribution in [-0.4, -0.2) is 23.1 Å². The molecular formula is C14H12N4O2S. The molecule has 0 radical (unpaired) electrons. The molecule has 106 valence electrons. The van der Waals surface area contributed by atoms with Crippen molar-refractivity contribution in [3.8, 4) is 5.75 Å². The Bertz CT molecular complexity index is 773. The lowest BCUT2D eigenvalue weighted by Crippen LogP contribution is -2.19. The molecule has 0 bridgehead atoms. The Kier molecular flexibility index (Phi) is 3.65. The minimum atomic E-state index is -0.341. The number of amides is 2. The third-order valence-corrected chi connectivity index (χ3v) is 3.69. The van der Waals surface area contributed by atoms with Gasteiger partial charge in [0, 0.05) is 18.1 Å². The van der Waals surface area contributed by atoms with Crippen LogP contribution in [0.4, 0.5) is 15.6 Å². The van der Waals surface area contributed by atoms with Crippen LogP contribution in [0.2, 0.25) is 0 Å². The molecular weight excluding hydrogens is 288 g/mol. The monoisotopic (exact) mass is 300 g/mol. The number of nitrogens with zero attached hydrogens (tertiary/aromatic N) is 2. The summed E-state index contributed by atoms with van der Waals surface area (Å²) in [6.45, 7) is 0. The summed E-state index contributed by atoms with van der Waals surface area (Å²) in [6, 6.07) is 8.66.